The van der Waals surface area contributed by atoms with Gasteiger partial charge in [-0.25, -0.2) is 0 Å². The van der Waals surface area contributed by atoms with Crippen molar-refractivity contribution in [2.24, 2.45) is 5.73 Å². The zero-order valence-electron chi connectivity index (χ0n) is 8.19. The molecule has 4 heteroatoms. The monoisotopic (exact) mass is 195 g/mol. The van der Waals surface area contributed by atoms with Gasteiger partial charge in [-0.1, -0.05) is 0 Å². The largest absolute Gasteiger partial charge is 0.497 e. The molecule has 4 nitrogen and oxygen atoms in total. The molecule has 76 valence electrons. The van der Waals surface area contributed by atoms with E-state index in [1.165, 1.54) is 0 Å². The van der Waals surface area contributed by atoms with E-state index in [-0.39, 0.29) is 0 Å². The summed E-state index contributed by atoms with van der Waals surface area (Å²) in [5.41, 5.74) is 6.24. The lowest BCUT2D eigenvalue weighted by Crippen LogP contribution is -2.11. The molecule has 0 aromatic heterocycles. The highest BCUT2D eigenvalue weighted by Crippen LogP contribution is 2.24. The highest BCUT2D eigenvalue weighted by Gasteiger charge is 2.07. The predicted molar refractivity (Wildman–Crippen MR) is 52.5 cm³/mol. The van der Waals surface area contributed by atoms with Gasteiger partial charge in [-0.15, -0.1) is 0 Å². The maximum absolute atomic E-state index is 10.5. The average molecular weight is 195 g/mol. The summed E-state index contributed by atoms with van der Waals surface area (Å²) in [4.78, 5) is 10.5. The number of carbonyl (C=O) groups is 1. The van der Waals surface area contributed by atoms with Crippen LogP contribution < -0.4 is 15.2 Å². The van der Waals surface area contributed by atoms with E-state index in [1.54, 1.807) is 32.4 Å². The zero-order chi connectivity index (χ0) is 10.6. The molecule has 0 bridgehead atoms. The first-order chi connectivity index (χ1) is 6.71. The minimum absolute atomic E-state index is 0.622. The lowest BCUT2D eigenvalue weighted by molar-refractivity contribution is -0.109. The topological polar surface area (TPSA) is 61.6 Å². The molecule has 1 aromatic carbocycles. The Labute approximate surface area is 82.6 Å². The second-order valence-electron chi connectivity index (χ2n) is 2.81. The highest BCUT2D eigenvalue weighted by molar-refractivity contribution is 5.62. The summed E-state index contributed by atoms with van der Waals surface area (Å²) < 4.78 is 10.1. The van der Waals surface area contributed by atoms with Gasteiger partial charge in [0.25, 0.3) is 0 Å². The molecular formula is C10H13NO3. The Morgan fingerprint density at radius 3 is 2.07 bits per heavy atom. The smallest absolute Gasteiger partial charge is 0.141 e. The maximum atomic E-state index is 10.5. The zero-order valence-corrected chi connectivity index (χ0v) is 8.19. The molecule has 0 aliphatic carbocycles. The van der Waals surface area contributed by atoms with E-state index < -0.39 is 6.04 Å². The Bertz CT molecular complexity index is 303. The molecule has 1 aromatic rings. The fraction of sp³-hybridized carbons (Fsp3) is 0.300. The SMILES string of the molecule is COc1cc(OC)cc(C(N)C=O)c1. The fourth-order valence-electron chi connectivity index (χ4n) is 1.10. The van der Waals surface area contributed by atoms with Gasteiger partial charge in [0.15, 0.2) is 0 Å². The van der Waals surface area contributed by atoms with Crippen LogP contribution in [0.15, 0.2) is 18.2 Å². The third kappa shape index (κ3) is 2.23. The van der Waals surface area contributed by atoms with Gasteiger partial charge in [-0.2, -0.15) is 0 Å². The first-order valence-corrected chi connectivity index (χ1v) is 4.15. The van der Waals surface area contributed by atoms with Crippen molar-refractivity contribution in [1.82, 2.24) is 0 Å². The van der Waals surface area contributed by atoms with Crippen LogP contribution in [0.4, 0.5) is 0 Å². The summed E-state index contributed by atoms with van der Waals surface area (Å²) >= 11 is 0. The van der Waals surface area contributed by atoms with Gasteiger partial charge in [-0.3, -0.25) is 0 Å². The summed E-state index contributed by atoms with van der Waals surface area (Å²) in [5.74, 6) is 1.24. The number of ether oxygens (including phenoxy) is 2. The molecule has 0 radical (unpaired) electrons. The van der Waals surface area contributed by atoms with Crippen LogP contribution in [-0.2, 0) is 4.79 Å². The molecule has 14 heavy (non-hydrogen) atoms. The summed E-state index contributed by atoms with van der Waals surface area (Å²) in [5, 5.41) is 0. The number of rotatable bonds is 4. The Kier molecular flexibility index (Phi) is 3.48. The molecule has 0 spiro atoms. The van der Waals surface area contributed by atoms with Crippen LogP contribution >= 0.6 is 0 Å². The first kappa shape index (κ1) is 10.5. The van der Waals surface area contributed by atoms with Crippen molar-refractivity contribution in [3.05, 3.63) is 23.8 Å². The Morgan fingerprint density at radius 1 is 1.21 bits per heavy atom. The molecule has 0 saturated carbocycles. The second kappa shape index (κ2) is 4.62. The molecule has 2 N–H and O–H groups in total. The van der Waals surface area contributed by atoms with Gasteiger partial charge >= 0.3 is 0 Å². The van der Waals surface area contributed by atoms with Crippen LogP contribution in [0.5, 0.6) is 11.5 Å². The third-order valence-corrected chi connectivity index (χ3v) is 1.91. The maximum Gasteiger partial charge on any atom is 0.141 e. The molecule has 0 heterocycles. The lowest BCUT2D eigenvalue weighted by atomic mass is 10.1. The van der Waals surface area contributed by atoms with E-state index >= 15 is 0 Å². The quantitative estimate of drug-likeness (QED) is 0.725. The van der Waals surface area contributed by atoms with Gasteiger partial charge in [-0.05, 0) is 17.7 Å². The van der Waals surface area contributed by atoms with E-state index in [4.69, 9.17) is 15.2 Å². The molecule has 1 atom stereocenters. The minimum Gasteiger partial charge on any atom is -0.497 e. The van der Waals surface area contributed by atoms with Crippen LogP contribution in [0.2, 0.25) is 0 Å². The van der Waals surface area contributed by atoms with Crippen LogP contribution in [0.25, 0.3) is 0 Å². The van der Waals surface area contributed by atoms with Gasteiger partial charge in [0.05, 0.1) is 20.3 Å². The number of methoxy groups -OCH3 is 2. The summed E-state index contributed by atoms with van der Waals surface area (Å²) in [6.45, 7) is 0. The number of nitrogens with two attached hydrogens (primary N) is 1. The van der Waals surface area contributed by atoms with Crippen molar-refractivity contribution >= 4 is 6.29 Å². The highest BCUT2D eigenvalue weighted by atomic mass is 16.5. The number of aldehydes is 1. The van der Waals surface area contributed by atoms with Crippen molar-refractivity contribution in [3.63, 3.8) is 0 Å². The lowest BCUT2D eigenvalue weighted by Gasteiger charge is -2.09. The second-order valence-corrected chi connectivity index (χ2v) is 2.81. The Hall–Kier alpha value is -1.55. The molecule has 0 saturated heterocycles. The van der Waals surface area contributed by atoms with E-state index in [2.05, 4.69) is 0 Å². The summed E-state index contributed by atoms with van der Waals surface area (Å²) in [7, 11) is 3.09. The molecule has 0 fully saturated rings. The fourth-order valence-corrected chi connectivity index (χ4v) is 1.10. The minimum atomic E-state index is -0.640. The first-order valence-electron chi connectivity index (χ1n) is 4.15. The van der Waals surface area contributed by atoms with Crippen molar-refractivity contribution < 1.29 is 14.3 Å². The number of hydrogen-bond acceptors (Lipinski definition) is 4. The Balaban J connectivity index is 3.09. The van der Waals surface area contributed by atoms with Crippen LogP contribution in [0, 0.1) is 0 Å². The van der Waals surface area contributed by atoms with Crippen LogP contribution in [0.3, 0.4) is 0 Å². The van der Waals surface area contributed by atoms with Gasteiger partial charge in [0, 0.05) is 6.07 Å². The normalized spacial score (nSPS) is 11.9. The van der Waals surface area contributed by atoms with Crippen molar-refractivity contribution in [2.75, 3.05) is 14.2 Å². The molecule has 0 aliphatic rings. The average Bonchev–Trinajstić information content (AvgIpc) is 2.27. The van der Waals surface area contributed by atoms with E-state index in [9.17, 15) is 4.79 Å². The summed E-state index contributed by atoms with van der Waals surface area (Å²) in [6.07, 6.45) is 0.675. The van der Waals surface area contributed by atoms with E-state index in [0.717, 1.165) is 0 Å². The van der Waals surface area contributed by atoms with Crippen molar-refractivity contribution in [3.8, 4) is 11.5 Å². The van der Waals surface area contributed by atoms with E-state index in [1.807, 2.05) is 0 Å². The van der Waals surface area contributed by atoms with E-state index in [0.29, 0.717) is 23.3 Å². The number of carbonyl (C=O) groups excluding carboxylic acids is 1. The number of hydrogen-bond donors (Lipinski definition) is 1. The predicted octanol–water partition coefficient (Wildman–Crippen LogP) is 0.903. The van der Waals surface area contributed by atoms with Crippen LogP contribution in [0.1, 0.15) is 11.6 Å². The van der Waals surface area contributed by atoms with Gasteiger partial charge in [0.1, 0.15) is 17.8 Å². The molecular weight excluding hydrogens is 182 g/mol. The standard InChI is InChI=1S/C10H13NO3/c1-13-8-3-7(10(11)6-12)4-9(5-8)14-2/h3-6,10H,11H2,1-2H3. The van der Waals surface area contributed by atoms with Gasteiger partial charge < -0.3 is 20.0 Å². The molecule has 1 rings (SSSR count). The Morgan fingerprint density at radius 2 is 1.71 bits per heavy atom. The number of benzene rings is 1. The van der Waals surface area contributed by atoms with Crippen LogP contribution in [-0.4, -0.2) is 20.5 Å². The molecule has 1 unspecified atom stereocenters. The van der Waals surface area contributed by atoms with Crippen molar-refractivity contribution in [2.45, 2.75) is 6.04 Å². The third-order valence-electron chi connectivity index (χ3n) is 1.91. The summed E-state index contributed by atoms with van der Waals surface area (Å²) in [6, 6.07) is 4.50. The molecule has 0 amide bonds. The van der Waals surface area contributed by atoms with Gasteiger partial charge in [0.2, 0.25) is 0 Å². The van der Waals surface area contributed by atoms with Crippen molar-refractivity contribution in [1.29, 1.82) is 0 Å². The molecule has 0 aliphatic heterocycles.